The van der Waals surface area contributed by atoms with E-state index in [1.165, 1.54) is 41.8 Å². The Morgan fingerprint density at radius 2 is 1.35 bits per heavy atom. The van der Waals surface area contributed by atoms with Gasteiger partial charge in [0.25, 0.3) is 0 Å². The summed E-state index contributed by atoms with van der Waals surface area (Å²) in [5.41, 5.74) is 5.45. The number of piperazine rings is 1. The van der Waals surface area contributed by atoms with E-state index in [-0.39, 0.29) is 0 Å². The third-order valence-corrected chi connectivity index (χ3v) is 5.51. The first kappa shape index (κ1) is 14.8. The second-order valence-electron chi connectivity index (χ2n) is 7.01. The second kappa shape index (κ2) is 6.02. The fourth-order valence-corrected chi connectivity index (χ4v) is 3.98. The van der Waals surface area contributed by atoms with Crippen LogP contribution in [0, 0.1) is 13.8 Å². The summed E-state index contributed by atoms with van der Waals surface area (Å²) in [6.45, 7) is 8.81. The van der Waals surface area contributed by atoms with Crippen molar-refractivity contribution in [1.82, 2.24) is 19.8 Å². The summed E-state index contributed by atoms with van der Waals surface area (Å²) in [6.07, 6.45) is 9.12. The van der Waals surface area contributed by atoms with Crippen LogP contribution in [0.4, 0.5) is 0 Å². The molecule has 4 rings (SSSR count). The summed E-state index contributed by atoms with van der Waals surface area (Å²) >= 11 is 0. The number of rotatable bonds is 4. The molecule has 23 heavy (non-hydrogen) atoms. The summed E-state index contributed by atoms with van der Waals surface area (Å²) in [7, 11) is 0. The molecule has 0 aromatic carbocycles. The Kier molecular flexibility index (Phi) is 3.87. The third-order valence-electron chi connectivity index (χ3n) is 5.51. The SMILES string of the molecule is Cc1ccncc1CN1C[C@@H]2C[C@H]1CN2Cc1cnccc1C. The molecule has 2 aliphatic rings. The van der Waals surface area contributed by atoms with Gasteiger partial charge in [0.05, 0.1) is 0 Å². The van der Waals surface area contributed by atoms with Crippen LogP contribution < -0.4 is 0 Å². The molecule has 2 saturated heterocycles. The third kappa shape index (κ3) is 2.89. The van der Waals surface area contributed by atoms with Crippen LogP contribution in [0.3, 0.4) is 0 Å². The highest BCUT2D eigenvalue weighted by Crippen LogP contribution is 2.33. The Morgan fingerprint density at radius 1 is 0.870 bits per heavy atom. The van der Waals surface area contributed by atoms with Crippen LogP contribution in [-0.2, 0) is 13.1 Å². The molecular formula is C19H24N4. The first-order valence-electron chi connectivity index (χ1n) is 8.48. The van der Waals surface area contributed by atoms with Crippen LogP contribution in [-0.4, -0.2) is 44.9 Å². The van der Waals surface area contributed by atoms with Gasteiger partial charge in [-0.1, -0.05) is 0 Å². The number of fused-ring (bicyclic) bond motifs is 2. The molecule has 2 aromatic rings. The van der Waals surface area contributed by atoms with E-state index in [1.807, 2.05) is 24.8 Å². The van der Waals surface area contributed by atoms with Gasteiger partial charge in [0.1, 0.15) is 0 Å². The van der Waals surface area contributed by atoms with Gasteiger partial charge in [-0.25, -0.2) is 0 Å². The number of aryl methyl sites for hydroxylation is 2. The molecule has 4 nitrogen and oxygen atoms in total. The van der Waals surface area contributed by atoms with E-state index < -0.39 is 0 Å². The molecular weight excluding hydrogens is 284 g/mol. The van der Waals surface area contributed by atoms with Gasteiger partial charge in [-0.2, -0.15) is 0 Å². The zero-order chi connectivity index (χ0) is 15.8. The lowest BCUT2D eigenvalue weighted by molar-refractivity contribution is 0.117. The second-order valence-corrected chi connectivity index (χ2v) is 7.01. The Hall–Kier alpha value is -1.78. The highest BCUT2D eigenvalue weighted by atomic mass is 15.3. The maximum absolute atomic E-state index is 4.29. The number of likely N-dealkylation sites (tertiary alicyclic amines) is 2. The first-order chi connectivity index (χ1) is 11.2. The Morgan fingerprint density at radius 3 is 1.74 bits per heavy atom. The molecule has 120 valence electrons. The minimum absolute atomic E-state index is 0.691. The summed E-state index contributed by atoms with van der Waals surface area (Å²) in [4.78, 5) is 13.9. The number of hydrogen-bond acceptors (Lipinski definition) is 4. The lowest BCUT2D eigenvalue weighted by atomic mass is 10.1. The number of nitrogens with zero attached hydrogens (tertiary/aromatic N) is 4. The Labute approximate surface area is 138 Å². The largest absolute Gasteiger partial charge is 0.293 e. The van der Waals surface area contributed by atoms with Crippen LogP contribution in [0.15, 0.2) is 36.9 Å². The standard InChI is InChI=1S/C19H24N4/c1-14-3-5-20-8-16(14)10-22-12-19-7-18(22)13-23(19)11-17-9-21-6-4-15(17)2/h3-6,8-9,18-19H,7,10-13H2,1-2H3/t18-,19-/m0/s1. The normalized spacial score (nSPS) is 24.4. The molecule has 4 heterocycles. The molecule has 0 spiro atoms. The van der Waals surface area contributed by atoms with Gasteiger partial charge in [0, 0.05) is 63.1 Å². The molecule has 2 aliphatic heterocycles. The average molecular weight is 308 g/mol. The van der Waals surface area contributed by atoms with Crippen LogP contribution in [0.2, 0.25) is 0 Å². The van der Waals surface area contributed by atoms with E-state index in [0.717, 1.165) is 13.1 Å². The number of pyridine rings is 2. The zero-order valence-electron chi connectivity index (χ0n) is 13.9. The molecule has 0 unspecified atom stereocenters. The Bertz CT molecular complexity index is 640. The van der Waals surface area contributed by atoms with Gasteiger partial charge >= 0.3 is 0 Å². The van der Waals surface area contributed by atoms with Crippen LogP contribution >= 0.6 is 0 Å². The topological polar surface area (TPSA) is 32.3 Å². The molecule has 0 N–H and O–H groups in total. The van der Waals surface area contributed by atoms with E-state index in [4.69, 9.17) is 0 Å². The molecule has 2 atom stereocenters. The fraction of sp³-hybridized carbons (Fsp3) is 0.474. The van der Waals surface area contributed by atoms with Crippen molar-refractivity contribution in [2.75, 3.05) is 13.1 Å². The maximum atomic E-state index is 4.29. The summed E-state index contributed by atoms with van der Waals surface area (Å²) < 4.78 is 0. The van der Waals surface area contributed by atoms with Crippen molar-refractivity contribution in [3.8, 4) is 0 Å². The molecule has 0 amide bonds. The van der Waals surface area contributed by atoms with Gasteiger partial charge < -0.3 is 0 Å². The van der Waals surface area contributed by atoms with Gasteiger partial charge in [0.15, 0.2) is 0 Å². The van der Waals surface area contributed by atoms with Crippen LogP contribution in [0.1, 0.15) is 28.7 Å². The van der Waals surface area contributed by atoms with Crippen LogP contribution in [0.5, 0.6) is 0 Å². The predicted molar refractivity (Wildman–Crippen MR) is 91.0 cm³/mol. The van der Waals surface area contributed by atoms with E-state index in [2.05, 4.69) is 45.7 Å². The molecule has 0 aliphatic carbocycles. The van der Waals surface area contributed by atoms with Crippen molar-refractivity contribution in [2.24, 2.45) is 0 Å². The molecule has 2 aromatic heterocycles. The predicted octanol–water partition coefficient (Wildman–Crippen LogP) is 2.55. The number of aromatic nitrogens is 2. The molecule has 2 bridgehead atoms. The smallest absolute Gasteiger partial charge is 0.0315 e. The lowest BCUT2D eigenvalue weighted by Gasteiger charge is -2.34. The van der Waals surface area contributed by atoms with Gasteiger partial charge in [-0.3, -0.25) is 19.8 Å². The van der Waals surface area contributed by atoms with E-state index in [1.54, 1.807) is 0 Å². The molecule has 2 fully saturated rings. The summed E-state index contributed by atoms with van der Waals surface area (Å²) in [6, 6.07) is 5.61. The molecule has 4 heteroatoms. The molecule has 0 radical (unpaired) electrons. The van der Waals surface area contributed by atoms with Crippen LogP contribution in [0.25, 0.3) is 0 Å². The van der Waals surface area contributed by atoms with Crippen molar-refractivity contribution < 1.29 is 0 Å². The maximum Gasteiger partial charge on any atom is 0.0315 e. The zero-order valence-corrected chi connectivity index (χ0v) is 13.9. The molecule has 0 saturated carbocycles. The summed E-state index contributed by atoms with van der Waals surface area (Å²) in [5, 5.41) is 0. The average Bonchev–Trinajstić information content (AvgIpc) is 3.12. The van der Waals surface area contributed by atoms with Crippen molar-refractivity contribution in [3.05, 3.63) is 59.2 Å². The van der Waals surface area contributed by atoms with Crippen molar-refractivity contribution >= 4 is 0 Å². The van der Waals surface area contributed by atoms with Crippen molar-refractivity contribution in [3.63, 3.8) is 0 Å². The van der Waals surface area contributed by atoms with Crippen molar-refractivity contribution in [1.29, 1.82) is 0 Å². The Balaban J connectivity index is 1.40. The van der Waals surface area contributed by atoms with Gasteiger partial charge in [0.2, 0.25) is 0 Å². The van der Waals surface area contributed by atoms with Crippen molar-refractivity contribution in [2.45, 2.75) is 45.4 Å². The van der Waals surface area contributed by atoms with Gasteiger partial charge in [-0.15, -0.1) is 0 Å². The van der Waals surface area contributed by atoms with Gasteiger partial charge in [-0.05, 0) is 54.7 Å². The highest BCUT2D eigenvalue weighted by molar-refractivity contribution is 5.23. The monoisotopic (exact) mass is 308 g/mol. The number of hydrogen-bond donors (Lipinski definition) is 0. The highest BCUT2D eigenvalue weighted by Gasteiger charge is 2.42. The minimum atomic E-state index is 0.691. The van der Waals surface area contributed by atoms with E-state index >= 15 is 0 Å². The summed E-state index contributed by atoms with van der Waals surface area (Å²) in [5.74, 6) is 0. The fourth-order valence-electron chi connectivity index (χ4n) is 3.98. The first-order valence-corrected chi connectivity index (χ1v) is 8.48. The van der Waals surface area contributed by atoms with E-state index in [0.29, 0.717) is 12.1 Å². The quantitative estimate of drug-likeness (QED) is 0.869. The minimum Gasteiger partial charge on any atom is -0.293 e. The lowest BCUT2D eigenvalue weighted by Crippen LogP contribution is -2.45. The van der Waals surface area contributed by atoms with E-state index in [9.17, 15) is 0 Å².